The molecule has 3 aromatic rings. The molecule has 0 spiro atoms. The molecule has 8 heteroatoms. The van der Waals surface area contributed by atoms with Gasteiger partial charge in [-0.3, -0.25) is 14.6 Å². The van der Waals surface area contributed by atoms with Gasteiger partial charge in [-0.15, -0.1) is 23.5 Å². The maximum Gasteiger partial charge on any atom is 1.00 e. The number of amides is 1. The molecule has 0 unspecified atom stereocenters. The molecule has 2 N–H and O–H groups in total. The minimum atomic E-state index is -0.833. The Morgan fingerprint density at radius 1 is 1.10 bits per heavy atom. The third-order valence-electron chi connectivity index (χ3n) is 3.54. The van der Waals surface area contributed by atoms with Crippen molar-refractivity contribution in [3.8, 4) is 10.4 Å². The number of carbonyl (C=O) groups is 2. The Bertz CT molecular complexity index is 1060. The zero-order valence-corrected chi connectivity index (χ0v) is 20.1. The Balaban J connectivity index is 0.000000591. The molecule has 30 heavy (non-hydrogen) atoms. The van der Waals surface area contributed by atoms with Crippen LogP contribution in [0.2, 0.25) is 0 Å². The zero-order valence-electron chi connectivity index (χ0n) is 16.5. The number of thiophene rings is 1. The van der Waals surface area contributed by atoms with E-state index in [-0.39, 0.29) is 35.5 Å². The fraction of sp³-hybridized carbons (Fsp3) is 0.0455. The second-order valence-electron chi connectivity index (χ2n) is 5.83. The molecule has 4 rings (SSSR count). The Morgan fingerprint density at radius 3 is 2.43 bits per heavy atom. The van der Waals surface area contributed by atoms with E-state index < -0.39 is 5.97 Å². The summed E-state index contributed by atoms with van der Waals surface area (Å²) in [5.41, 5.74) is 1.98. The predicted molar refractivity (Wildman–Crippen MR) is 119 cm³/mol. The molecule has 0 radical (unpaired) electrons. The van der Waals surface area contributed by atoms with E-state index in [9.17, 15) is 4.79 Å². The van der Waals surface area contributed by atoms with E-state index in [2.05, 4.69) is 34.6 Å². The van der Waals surface area contributed by atoms with Crippen LogP contribution in [0.5, 0.6) is 0 Å². The number of aliphatic imine (C=N–C) groups is 1. The number of benzene rings is 2. The number of thioether (sulfide) groups is 1. The number of hydrogen-bond donors (Lipinski definition) is 2. The largest absolute Gasteiger partial charge is 1.00 e. The van der Waals surface area contributed by atoms with Crippen LogP contribution >= 0.6 is 23.1 Å². The molecule has 146 valence electrons. The van der Waals surface area contributed by atoms with E-state index in [1.165, 1.54) is 22.2 Å². The van der Waals surface area contributed by atoms with Crippen LogP contribution in [0, 0.1) is 6.07 Å². The van der Waals surface area contributed by atoms with E-state index in [1.807, 2.05) is 42.5 Å². The maximum absolute atomic E-state index is 12.2. The molecule has 1 aromatic heterocycles. The van der Waals surface area contributed by atoms with Crippen LogP contribution in [0.1, 0.15) is 11.8 Å². The number of rotatable bonds is 3. The SMILES string of the molecule is CC(=O)O.O=C1NC(=Nc2cc[c-]cc2)S/C1=C/c1ccc(-c2ccccc2)s1.[Na+]. The number of aliphatic carboxylic acids is 1. The van der Waals surface area contributed by atoms with Crippen molar-refractivity contribution in [1.29, 1.82) is 0 Å². The second kappa shape index (κ2) is 11.9. The third kappa shape index (κ3) is 7.27. The van der Waals surface area contributed by atoms with Gasteiger partial charge in [-0.05, 0) is 41.2 Å². The molecule has 5 nitrogen and oxygen atoms in total. The molecule has 1 fully saturated rings. The molecule has 2 aromatic carbocycles. The Labute approximate surface area is 205 Å². The van der Waals surface area contributed by atoms with E-state index in [0.717, 1.165) is 17.5 Å². The molecule has 0 atom stereocenters. The van der Waals surface area contributed by atoms with Gasteiger partial charge in [0.2, 0.25) is 0 Å². The topological polar surface area (TPSA) is 78.8 Å². The number of carbonyl (C=O) groups excluding carboxylic acids is 1. The average molecular weight is 445 g/mol. The van der Waals surface area contributed by atoms with Crippen LogP contribution in [0.4, 0.5) is 5.69 Å². The van der Waals surface area contributed by atoms with Crippen molar-refractivity contribution in [3.63, 3.8) is 0 Å². The van der Waals surface area contributed by atoms with Crippen molar-refractivity contribution in [3.05, 3.63) is 82.6 Å². The van der Waals surface area contributed by atoms with Gasteiger partial charge in [0.25, 0.3) is 11.9 Å². The number of carboxylic acids is 1. The first-order valence-corrected chi connectivity index (χ1v) is 10.2. The summed E-state index contributed by atoms with van der Waals surface area (Å²) in [6, 6.07) is 24.6. The van der Waals surface area contributed by atoms with Crippen LogP contribution in [0.3, 0.4) is 0 Å². The second-order valence-corrected chi connectivity index (χ2v) is 7.97. The van der Waals surface area contributed by atoms with E-state index in [1.54, 1.807) is 23.5 Å². The molecule has 1 saturated heterocycles. The number of hydrogen-bond acceptors (Lipinski definition) is 5. The number of nitrogens with one attached hydrogen (secondary N) is 1. The average Bonchev–Trinajstić information content (AvgIpc) is 3.30. The predicted octanol–water partition coefficient (Wildman–Crippen LogP) is 2.20. The van der Waals surface area contributed by atoms with Crippen molar-refractivity contribution in [2.45, 2.75) is 6.92 Å². The van der Waals surface area contributed by atoms with Gasteiger partial charge < -0.3 is 10.4 Å². The summed E-state index contributed by atoms with van der Waals surface area (Å²) in [6.45, 7) is 1.08. The van der Waals surface area contributed by atoms with E-state index >= 15 is 0 Å². The molecule has 1 amide bonds. The van der Waals surface area contributed by atoms with Crippen LogP contribution in [0.15, 0.2) is 76.6 Å². The van der Waals surface area contributed by atoms with Crippen molar-refractivity contribution >= 4 is 51.9 Å². The Kier molecular flexibility index (Phi) is 9.55. The summed E-state index contributed by atoms with van der Waals surface area (Å²) in [7, 11) is 0. The Morgan fingerprint density at radius 2 is 1.77 bits per heavy atom. The number of carboxylic acid groups (broad SMARTS) is 1. The minimum absolute atomic E-state index is 0. The summed E-state index contributed by atoms with van der Waals surface area (Å²) in [5.74, 6) is -0.944. The van der Waals surface area contributed by atoms with Gasteiger partial charge in [0.15, 0.2) is 5.17 Å². The standard InChI is InChI=1S/C20H13N2OS2.C2H4O2.Na/c23-19-18(25-20(22-19)21-15-9-5-2-6-10-15)13-16-11-12-17(24-16)14-7-3-1-4-8-14;1-2(3)4;/h1,3-13H,(H,21,22,23);1H3,(H,3,4);/q-1;;+1/b18-13+;;. The fourth-order valence-corrected chi connectivity index (χ4v) is 4.23. The maximum atomic E-state index is 12.2. The van der Waals surface area contributed by atoms with Crippen molar-refractivity contribution in [1.82, 2.24) is 5.32 Å². The smallest absolute Gasteiger partial charge is 0.481 e. The summed E-state index contributed by atoms with van der Waals surface area (Å²) < 4.78 is 0. The van der Waals surface area contributed by atoms with Crippen LogP contribution in [-0.4, -0.2) is 22.2 Å². The molecule has 1 aliphatic heterocycles. The quantitative estimate of drug-likeness (QED) is 0.369. The normalized spacial score (nSPS) is 15.2. The van der Waals surface area contributed by atoms with Crippen LogP contribution < -0.4 is 34.9 Å². The summed E-state index contributed by atoms with van der Waals surface area (Å²) >= 11 is 3.03. The molecule has 0 saturated carbocycles. The molecule has 2 heterocycles. The zero-order chi connectivity index (χ0) is 20.6. The van der Waals surface area contributed by atoms with Crippen molar-refractivity contribution in [2.75, 3.05) is 0 Å². The third-order valence-corrected chi connectivity index (χ3v) is 5.53. The monoisotopic (exact) mass is 444 g/mol. The van der Waals surface area contributed by atoms with Gasteiger partial charge in [0.05, 0.1) is 4.91 Å². The molecule has 0 bridgehead atoms. The molecular formula is C22H17N2NaO3S2. The van der Waals surface area contributed by atoms with Crippen LogP contribution in [-0.2, 0) is 9.59 Å². The van der Waals surface area contributed by atoms with Crippen molar-refractivity contribution < 1.29 is 44.3 Å². The summed E-state index contributed by atoms with van der Waals surface area (Å²) in [5, 5.41) is 10.8. The minimum Gasteiger partial charge on any atom is -0.481 e. The number of amidine groups is 1. The van der Waals surface area contributed by atoms with Gasteiger partial charge in [-0.25, -0.2) is 0 Å². The van der Waals surface area contributed by atoms with Gasteiger partial charge >= 0.3 is 29.6 Å². The summed E-state index contributed by atoms with van der Waals surface area (Å²) in [4.78, 5) is 28.5. The summed E-state index contributed by atoms with van der Waals surface area (Å²) in [6.07, 6.45) is 1.92. The first-order chi connectivity index (χ1) is 14.0. The number of nitrogens with zero attached hydrogens (tertiary/aromatic N) is 1. The van der Waals surface area contributed by atoms with Crippen molar-refractivity contribution in [2.24, 2.45) is 4.99 Å². The molecule has 0 aliphatic carbocycles. The Hall–Kier alpha value is -2.16. The first-order valence-electron chi connectivity index (χ1n) is 8.62. The fourth-order valence-electron chi connectivity index (χ4n) is 2.37. The first kappa shape index (κ1) is 24.1. The van der Waals surface area contributed by atoms with E-state index in [4.69, 9.17) is 9.90 Å². The van der Waals surface area contributed by atoms with Gasteiger partial charge in [-0.1, -0.05) is 30.3 Å². The van der Waals surface area contributed by atoms with Gasteiger partial charge in [0.1, 0.15) is 0 Å². The molecular weight excluding hydrogens is 427 g/mol. The van der Waals surface area contributed by atoms with E-state index in [0.29, 0.717) is 10.1 Å². The van der Waals surface area contributed by atoms with Gasteiger partial charge in [-0.2, -0.15) is 18.2 Å². The van der Waals surface area contributed by atoms with Gasteiger partial charge in [0, 0.05) is 16.7 Å². The van der Waals surface area contributed by atoms with Crippen LogP contribution in [0.25, 0.3) is 16.5 Å². The molecule has 1 aliphatic rings.